The molecule has 0 bridgehead atoms. The summed E-state index contributed by atoms with van der Waals surface area (Å²) in [6.07, 6.45) is 5.59. The third-order valence-corrected chi connectivity index (χ3v) is 3.05. The number of carbonyl (C=O) groups excluding carboxylic acids is 1. The van der Waals surface area contributed by atoms with Crippen LogP contribution in [-0.4, -0.2) is 29.3 Å². The Bertz CT molecular complexity index is 373. The van der Waals surface area contributed by atoms with Crippen LogP contribution < -0.4 is 0 Å². The molecule has 2 rings (SSSR count). The van der Waals surface area contributed by atoms with Gasteiger partial charge >= 0.3 is 0 Å². The molecule has 0 spiro atoms. The normalized spacial score (nSPS) is 22.2. The lowest BCUT2D eigenvalue weighted by molar-refractivity contribution is -0.116. The van der Waals surface area contributed by atoms with E-state index in [-0.39, 0.29) is 11.8 Å². The summed E-state index contributed by atoms with van der Waals surface area (Å²) in [5.41, 5.74) is 0. The van der Waals surface area contributed by atoms with E-state index in [2.05, 4.69) is 16.9 Å². The average Bonchev–Trinajstić information content (AvgIpc) is 2.66. The summed E-state index contributed by atoms with van der Waals surface area (Å²) < 4.78 is 5.63. The molecule has 1 aromatic heterocycles. The SMILES string of the molecule is CC(=O)Cc1cnc(C2CCCCN2C)o1. The molecular weight excluding hydrogens is 204 g/mol. The zero-order valence-corrected chi connectivity index (χ0v) is 9.90. The zero-order valence-electron chi connectivity index (χ0n) is 9.90. The number of piperidine rings is 1. The van der Waals surface area contributed by atoms with Crippen LogP contribution in [0, 0.1) is 0 Å². The highest BCUT2D eigenvalue weighted by molar-refractivity contribution is 5.77. The Kier molecular flexibility index (Phi) is 3.39. The van der Waals surface area contributed by atoms with Crippen molar-refractivity contribution in [2.24, 2.45) is 0 Å². The van der Waals surface area contributed by atoms with Gasteiger partial charge in [-0.05, 0) is 33.4 Å². The first-order valence-corrected chi connectivity index (χ1v) is 5.81. The van der Waals surface area contributed by atoms with Crippen molar-refractivity contribution in [2.45, 2.75) is 38.6 Å². The molecule has 1 saturated heterocycles. The largest absolute Gasteiger partial charge is 0.444 e. The number of aromatic nitrogens is 1. The monoisotopic (exact) mass is 222 g/mol. The Hall–Kier alpha value is -1.16. The summed E-state index contributed by atoms with van der Waals surface area (Å²) in [5, 5.41) is 0. The predicted molar refractivity (Wildman–Crippen MR) is 60.1 cm³/mol. The van der Waals surface area contributed by atoms with Gasteiger partial charge in [0.1, 0.15) is 11.5 Å². The second-order valence-corrected chi connectivity index (χ2v) is 4.54. The van der Waals surface area contributed by atoms with Crippen LogP contribution in [-0.2, 0) is 11.2 Å². The third-order valence-electron chi connectivity index (χ3n) is 3.05. The fourth-order valence-corrected chi connectivity index (χ4v) is 2.19. The highest BCUT2D eigenvalue weighted by Crippen LogP contribution is 2.28. The number of oxazole rings is 1. The second-order valence-electron chi connectivity index (χ2n) is 4.54. The molecule has 0 amide bonds. The van der Waals surface area contributed by atoms with Crippen LogP contribution >= 0.6 is 0 Å². The van der Waals surface area contributed by atoms with E-state index in [4.69, 9.17) is 4.42 Å². The summed E-state index contributed by atoms with van der Waals surface area (Å²) in [6.45, 7) is 2.66. The van der Waals surface area contributed by atoms with Gasteiger partial charge in [-0.1, -0.05) is 6.42 Å². The first-order valence-electron chi connectivity index (χ1n) is 5.81. The lowest BCUT2D eigenvalue weighted by atomic mass is 10.0. The molecule has 4 nitrogen and oxygen atoms in total. The number of Topliss-reactive ketones (excluding diaryl/α,β-unsaturated/α-hetero) is 1. The van der Waals surface area contributed by atoms with Crippen molar-refractivity contribution < 1.29 is 9.21 Å². The molecule has 1 atom stereocenters. The van der Waals surface area contributed by atoms with Crippen LogP contribution in [0.5, 0.6) is 0 Å². The van der Waals surface area contributed by atoms with Crippen molar-refractivity contribution in [1.82, 2.24) is 9.88 Å². The van der Waals surface area contributed by atoms with Gasteiger partial charge in [-0.25, -0.2) is 4.98 Å². The smallest absolute Gasteiger partial charge is 0.211 e. The Morgan fingerprint density at radius 2 is 2.44 bits per heavy atom. The maximum Gasteiger partial charge on any atom is 0.211 e. The van der Waals surface area contributed by atoms with Gasteiger partial charge < -0.3 is 4.42 Å². The summed E-state index contributed by atoms with van der Waals surface area (Å²) in [6, 6.07) is 0.287. The van der Waals surface area contributed by atoms with E-state index in [0.29, 0.717) is 12.2 Å². The molecule has 0 N–H and O–H groups in total. The molecule has 1 aromatic rings. The summed E-state index contributed by atoms with van der Waals surface area (Å²) >= 11 is 0. The van der Waals surface area contributed by atoms with Crippen LogP contribution in [0.25, 0.3) is 0 Å². The number of nitrogens with zero attached hydrogens (tertiary/aromatic N) is 2. The number of rotatable bonds is 3. The van der Waals surface area contributed by atoms with Crippen molar-refractivity contribution in [1.29, 1.82) is 0 Å². The number of ketones is 1. The van der Waals surface area contributed by atoms with Gasteiger partial charge in [0.2, 0.25) is 5.89 Å². The first-order chi connectivity index (χ1) is 7.66. The number of carbonyl (C=O) groups is 1. The minimum atomic E-state index is 0.111. The molecule has 0 radical (unpaired) electrons. The van der Waals surface area contributed by atoms with Gasteiger partial charge in [0.25, 0.3) is 0 Å². The Morgan fingerprint density at radius 3 is 3.12 bits per heavy atom. The van der Waals surface area contributed by atoms with Crippen molar-refractivity contribution in [2.75, 3.05) is 13.6 Å². The Morgan fingerprint density at radius 1 is 1.62 bits per heavy atom. The maximum atomic E-state index is 11.0. The van der Waals surface area contributed by atoms with E-state index in [9.17, 15) is 4.79 Å². The zero-order chi connectivity index (χ0) is 11.5. The molecular formula is C12H18N2O2. The lowest BCUT2D eigenvalue weighted by Gasteiger charge is -2.29. The second kappa shape index (κ2) is 4.78. The third kappa shape index (κ3) is 2.50. The van der Waals surface area contributed by atoms with Gasteiger partial charge in [0.05, 0.1) is 18.7 Å². The molecule has 0 aliphatic carbocycles. The van der Waals surface area contributed by atoms with E-state index >= 15 is 0 Å². The average molecular weight is 222 g/mol. The molecule has 1 aliphatic rings. The minimum Gasteiger partial charge on any atom is -0.444 e. The van der Waals surface area contributed by atoms with Crippen LogP contribution in [0.15, 0.2) is 10.6 Å². The van der Waals surface area contributed by atoms with E-state index in [1.54, 1.807) is 13.1 Å². The van der Waals surface area contributed by atoms with Gasteiger partial charge in [0.15, 0.2) is 0 Å². The molecule has 1 unspecified atom stereocenters. The number of hydrogen-bond donors (Lipinski definition) is 0. The number of hydrogen-bond acceptors (Lipinski definition) is 4. The molecule has 0 aromatic carbocycles. The molecule has 1 fully saturated rings. The fourth-order valence-electron chi connectivity index (χ4n) is 2.19. The predicted octanol–water partition coefficient (Wildman–Crippen LogP) is 1.96. The highest BCUT2D eigenvalue weighted by Gasteiger charge is 2.24. The van der Waals surface area contributed by atoms with Crippen molar-refractivity contribution in [3.8, 4) is 0 Å². The van der Waals surface area contributed by atoms with E-state index in [1.807, 2.05) is 0 Å². The quantitative estimate of drug-likeness (QED) is 0.784. The Balaban J connectivity index is 2.08. The molecule has 2 heterocycles. The lowest BCUT2D eigenvalue weighted by Crippen LogP contribution is -2.29. The fraction of sp³-hybridized carbons (Fsp3) is 0.667. The van der Waals surface area contributed by atoms with E-state index < -0.39 is 0 Å². The molecule has 0 saturated carbocycles. The van der Waals surface area contributed by atoms with Crippen molar-refractivity contribution >= 4 is 5.78 Å². The van der Waals surface area contributed by atoms with Crippen LogP contribution in [0.2, 0.25) is 0 Å². The standard InChI is InChI=1S/C12H18N2O2/c1-9(15)7-10-8-13-12(16-10)11-5-3-4-6-14(11)2/h8,11H,3-7H2,1-2H3. The summed E-state index contributed by atoms with van der Waals surface area (Å²) in [5.74, 6) is 1.56. The van der Waals surface area contributed by atoms with Crippen molar-refractivity contribution in [3.63, 3.8) is 0 Å². The van der Waals surface area contributed by atoms with Crippen LogP contribution in [0.3, 0.4) is 0 Å². The van der Waals surface area contributed by atoms with E-state index in [0.717, 1.165) is 18.9 Å². The first kappa shape index (κ1) is 11.3. The van der Waals surface area contributed by atoms with Crippen LogP contribution in [0.4, 0.5) is 0 Å². The minimum absolute atomic E-state index is 0.111. The van der Waals surface area contributed by atoms with Gasteiger partial charge in [-0.3, -0.25) is 9.69 Å². The molecule has 1 aliphatic heterocycles. The molecule has 16 heavy (non-hydrogen) atoms. The van der Waals surface area contributed by atoms with Crippen molar-refractivity contribution in [3.05, 3.63) is 17.8 Å². The summed E-state index contributed by atoms with van der Waals surface area (Å²) in [4.78, 5) is 17.5. The molecule has 88 valence electrons. The topological polar surface area (TPSA) is 46.3 Å². The van der Waals surface area contributed by atoms with Crippen LogP contribution in [0.1, 0.15) is 43.9 Å². The molecule has 4 heteroatoms. The Labute approximate surface area is 95.6 Å². The number of likely N-dealkylation sites (tertiary alicyclic amines) is 1. The van der Waals surface area contributed by atoms with E-state index in [1.165, 1.54) is 12.8 Å². The van der Waals surface area contributed by atoms with Gasteiger partial charge in [0, 0.05) is 0 Å². The highest BCUT2D eigenvalue weighted by atomic mass is 16.4. The summed E-state index contributed by atoms with van der Waals surface area (Å²) in [7, 11) is 2.10. The maximum absolute atomic E-state index is 11.0. The van der Waals surface area contributed by atoms with Gasteiger partial charge in [-0.15, -0.1) is 0 Å². The van der Waals surface area contributed by atoms with Gasteiger partial charge in [-0.2, -0.15) is 0 Å².